The highest BCUT2D eigenvalue weighted by molar-refractivity contribution is 6.32. The quantitative estimate of drug-likeness (QED) is 0.923. The summed E-state index contributed by atoms with van der Waals surface area (Å²) in [5.74, 6) is 1.19. The van der Waals surface area contributed by atoms with Gasteiger partial charge in [0.25, 0.3) is 0 Å². The minimum atomic E-state index is -0.542. The van der Waals surface area contributed by atoms with E-state index in [9.17, 15) is 5.11 Å². The summed E-state index contributed by atoms with van der Waals surface area (Å²) in [6.45, 7) is 4.48. The van der Waals surface area contributed by atoms with E-state index in [0.717, 1.165) is 12.1 Å². The Morgan fingerprint density at radius 2 is 2.28 bits per heavy atom. The summed E-state index contributed by atoms with van der Waals surface area (Å²) in [5.41, 5.74) is 0.761. The van der Waals surface area contributed by atoms with Gasteiger partial charge in [-0.2, -0.15) is 5.10 Å². The van der Waals surface area contributed by atoms with Gasteiger partial charge >= 0.3 is 0 Å². The van der Waals surface area contributed by atoms with Crippen molar-refractivity contribution in [1.29, 1.82) is 0 Å². The first kappa shape index (κ1) is 12.9. The number of aromatic nitrogens is 2. The molecule has 1 heterocycles. The smallest absolute Gasteiger partial charge is 0.165 e. The molecule has 0 aliphatic heterocycles. The number of aryl methyl sites for hydroxylation is 1. The van der Waals surface area contributed by atoms with Crippen LogP contribution in [0, 0.1) is 0 Å². The lowest BCUT2D eigenvalue weighted by Gasteiger charge is -2.09. The predicted molar refractivity (Wildman–Crippen MR) is 70.1 cm³/mol. The van der Waals surface area contributed by atoms with Crippen molar-refractivity contribution in [2.45, 2.75) is 26.5 Å². The lowest BCUT2D eigenvalue weighted by molar-refractivity contribution is 0.199. The van der Waals surface area contributed by atoms with Crippen LogP contribution < -0.4 is 4.74 Å². The van der Waals surface area contributed by atoms with Crippen LogP contribution in [0.25, 0.3) is 0 Å². The molecule has 1 N–H and O–H groups in total. The van der Waals surface area contributed by atoms with Gasteiger partial charge in [-0.3, -0.25) is 4.68 Å². The molecule has 1 atom stereocenters. The van der Waals surface area contributed by atoms with Crippen LogP contribution in [0.2, 0.25) is 5.02 Å². The largest absolute Gasteiger partial charge is 0.452 e. The third kappa shape index (κ3) is 2.83. The molecule has 0 aliphatic carbocycles. The van der Waals surface area contributed by atoms with Crippen LogP contribution >= 0.6 is 11.6 Å². The molecule has 5 heteroatoms. The van der Waals surface area contributed by atoms with Crippen LogP contribution in [0.1, 0.15) is 25.5 Å². The first-order chi connectivity index (χ1) is 8.60. The van der Waals surface area contributed by atoms with Gasteiger partial charge in [0.05, 0.1) is 23.5 Å². The lowest BCUT2D eigenvalue weighted by atomic mass is 10.1. The van der Waals surface area contributed by atoms with E-state index in [-0.39, 0.29) is 0 Å². The van der Waals surface area contributed by atoms with Gasteiger partial charge < -0.3 is 9.84 Å². The minimum absolute atomic E-state index is 0.470. The van der Waals surface area contributed by atoms with Gasteiger partial charge in [-0.25, -0.2) is 0 Å². The van der Waals surface area contributed by atoms with E-state index in [1.165, 1.54) is 0 Å². The van der Waals surface area contributed by atoms with Crippen molar-refractivity contribution in [3.63, 3.8) is 0 Å². The third-order valence-electron chi connectivity index (χ3n) is 2.60. The maximum absolute atomic E-state index is 9.45. The molecule has 0 fully saturated rings. The monoisotopic (exact) mass is 266 g/mol. The average molecular weight is 267 g/mol. The molecule has 0 saturated carbocycles. The van der Waals surface area contributed by atoms with Crippen LogP contribution in [0.4, 0.5) is 0 Å². The fourth-order valence-corrected chi connectivity index (χ4v) is 1.78. The van der Waals surface area contributed by atoms with E-state index in [2.05, 4.69) is 5.10 Å². The summed E-state index contributed by atoms with van der Waals surface area (Å²) in [7, 11) is 0. The highest BCUT2D eigenvalue weighted by Gasteiger charge is 2.08. The van der Waals surface area contributed by atoms with Gasteiger partial charge in [-0.1, -0.05) is 17.7 Å². The Labute approximate surface area is 111 Å². The summed E-state index contributed by atoms with van der Waals surface area (Å²) >= 11 is 6.10. The Kier molecular flexibility index (Phi) is 3.89. The zero-order valence-electron chi connectivity index (χ0n) is 10.3. The zero-order chi connectivity index (χ0) is 13.1. The topological polar surface area (TPSA) is 47.3 Å². The number of hydrogen-bond acceptors (Lipinski definition) is 3. The number of aliphatic hydroxyl groups is 1. The van der Waals surface area contributed by atoms with Gasteiger partial charge in [0.2, 0.25) is 0 Å². The molecule has 0 aliphatic rings. The first-order valence-electron chi connectivity index (χ1n) is 5.78. The second-order valence-corrected chi connectivity index (χ2v) is 4.41. The Balaban J connectivity index is 2.19. The zero-order valence-corrected chi connectivity index (χ0v) is 11.1. The molecule has 0 saturated heterocycles. The molecular weight excluding hydrogens is 252 g/mol. The van der Waals surface area contributed by atoms with Gasteiger partial charge in [0, 0.05) is 6.54 Å². The summed E-state index contributed by atoms with van der Waals surface area (Å²) in [4.78, 5) is 0. The highest BCUT2D eigenvalue weighted by atomic mass is 35.5. The van der Waals surface area contributed by atoms with Crippen molar-refractivity contribution in [3.05, 3.63) is 41.2 Å². The van der Waals surface area contributed by atoms with Crippen molar-refractivity contribution in [2.75, 3.05) is 0 Å². The molecule has 0 unspecified atom stereocenters. The fourth-order valence-electron chi connectivity index (χ4n) is 1.56. The molecule has 4 nitrogen and oxygen atoms in total. The third-order valence-corrected chi connectivity index (χ3v) is 2.90. The fraction of sp³-hybridized carbons (Fsp3) is 0.308. The number of aliphatic hydroxyl groups excluding tert-OH is 1. The van der Waals surface area contributed by atoms with E-state index < -0.39 is 6.10 Å². The van der Waals surface area contributed by atoms with Crippen LogP contribution in [-0.4, -0.2) is 14.9 Å². The Morgan fingerprint density at radius 1 is 1.50 bits per heavy atom. The van der Waals surface area contributed by atoms with Crippen molar-refractivity contribution in [1.82, 2.24) is 9.78 Å². The predicted octanol–water partition coefficient (Wildman–Crippen LogP) is 3.40. The van der Waals surface area contributed by atoms with Crippen LogP contribution in [0.15, 0.2) is 30.6 Å². The number of rotatable bonds is 4. The maximum atomic E-state index is 9.45. The number of nitrogens with zero attached hydrogens (tertiary/aromatic N) is 2. The van der Waals surface area contributed by atoms with Gasteiger partial charge in [-0.15, -0.1) is 0 Å². The molecule has 96 valence electrons. The maximum Gasteiger partial charge on any atom is 0.165 e. The number of hydrogen-bond donors (Lipinski definition) is 1. The second-order valence-electron chi connectivity index (χ2n) is 4.00. The van der Waals surface area contributed by atoms with E-state index in [0.29, 0.717) is 16.5 Å². The molecule has 1 aromatic carbocycles. The van der Waals surface area contributed by atoms with Gasteiger partial charge in [0.1, 0.15) is 5.75 Å². The first-order valence-corrected chi connectivity index (χ1v) is 6.15. The molecule has 1 aromatic heterocycles. The van der Waals surface area contributed by atoms with Crippen LogP contribution in [-0.2, 0) is 6.54 Å². The Bertz CT molecular complexity index is 538. The van der Waals surface area contributed by atoms with Crippen molar-refractivity contribution >= 4 is 11.6 Å². The SMILES string of the molecule is CCn1cc(Oc2ccc([C@H](C)O)cc2Cl)cn1. The van der Waals surface area contributed by atoms with Crippen molar-refractivity contribution in [2.24, 2.45) is 0 Å². The Hall–Kier alpha value is -1.52. The van der Waals surface area contributed by atoms with E-state index in [1.54, 1.807) is 42.2 Å². The molecule has 0 spiro atoms. The summed E-state index contributed by atoms with van der Waals surface area (Å²) in [6.07, 6.45) is 2.90. The molecule has 0 amide bonds. The molecular formula is C13H15ClN2O2. The Morgan fingerprint density at radius 3 is 2.83 bits per heavy atom. The average Bonchev–Trinajstić information content (AvgIpc) is 2.79. The number of ether oxygens (including phenoxy) is 1. The van der Waals surface area contributed by atoms with Crippen LogP contribution in [0.5, 0.6) is 11.5 Å². The van der Waals surface area contributed by atoms with E-state index in [1.807, 2.05) is 6.92 Å². The summed E-state index contributed by atoms with van der Waals surface area (Å²) < 4.78 is 7.40. The van der Waals surface area contributed by atoms with Crippen molar-refractivity contribution < 1.29 is 9.84 Å². The highest BCUT2D eigenvalue weighted by Crippen LogP contribution is 2.31. The normalized spacial score (nSPS) is 12.4. The number of halogens is 1. The van der Waals surface area contributed by atoms with Crippen molar-refractivity contribution in [3.8, 4) is 11.5 Å². The number of benzene rings is 1. The summed E-state index contributed by atoms with van der Waals surface area (Å²) in [6, 6.07) is 5.23. The molecule has 2 rings (SSSR count). The molecule has 18 heavy (non-hydrogen) atoms. The molecule has 0 bridgehead atoms. The van der Waals surface area contributed by atoms with Gasteiger partial charge in [-0.05, 0) is 31.5 Å². The van der Waals surface area contributed by atoms with Gasteiger partial charge in [0.15, 0.2) is 5.75 Å². The minimum Gasteiger partial charge on any atom is -0.452 e. The second kappa shape index (κ2) is 5.42. The van der Waals surface area contributed by atoms with Crippen LogP contribution in [0.3, 0.4) is 0 Å². The molecule has 0 radical (unpaired) electrons. The standard InChI is InChI=1S/C13H15ClN2O2/c1-3-16-8-11(7-15-16)18-13-5-4-10(9(2)17)6-12(13)14/h4-9,17H,3H2,1-2H3/t9-/m0/s1. The van der Waals surface area contributed by atoms with E-state index in [4.69, 9.17) is 16.3 Å². The molecule has 2 aromatic rings. The van der Waals surface area contributed by atoms with E-state index >= 15 is 0 Å². The summed E-state index contributed by atoms with van der Waals surface area (Å²) in [5, 5.41) is 14.0. The lowest BCUT2D eigenvalue weighted by Crippen LogP contribution is -1.93.